The van der Waals surface area contributed by atoms with Crippen LogP contribution in [0, 0.1) is 6.92 Å². The van der Waals surface area contributed by atoms with Crippen LogP contribution in [0.15, 0.2) is 66.7 Å². The number of hydrogen-bond acceptors (Lipinski definition) is 5. The Kier molecular flexibility index (Phi) is 6.17. The molecule has 0 aliphatic carbocycles. The van der Waals surface area contributed by atoms with Gasteiger partial charge in [-0.15, -0.1) is 0 Å². The lowest BCUT2D eigenvalue weighted by Crippen LogP contribution is -2.47. The van der Waals surface area contributed by atoms with E-state index >= 15 is 0 Å². The molecule has 2 aliphatic heterocycles. The molecule has 2 aliphatic rings. The van der Waals surface area contributed by atoms with Gasteiger partial charge < -0.3 is 19.1 Å². The van der Waals surface area contributed by atoms with Crippen LogP contribution in [0.5, 0.6) is 17.2 Å². The summed E-state index contributed by atoms with van der Waals surface area (Å²) in [7, 11) is 0. The van der Waals surface area contributed by atoms with Crippen molar-refractivity contribution < 1.29 is 14.2 Å². The van der Waals surface area contributed by atoms with E-state index in [4.69, 9.17) is 14.2 Å². The summed E-state index contributed by atoms with van der Waals surface area (Å²) in [6.07, 6.45) is 1.08. The van der Waals surface area contributed by atoms with Gasteiger partial charge in [0.1, 0.15) is 12.4 Å². The lowest BCUT2D eigenvalue weighted by atomic mass is 10.1. The highest BCUT2D eigenvalue weighted by Gasteiger charge is 2.17. The molecule has 166 valence electrons. The van der Waals surface area contributed by atoms with Crippen LogP contribution in [0.2, 0.25) is 0 Å². The summed E-state index contributed by atoms with van der Waals surface area (Å²) in [5, 5.41) is 0. The van der Waals surface area contributed by atoms with E-state index in [1.807, 2.05) is 18.2 Å². The molecule has 0 spiro atoms. The van der Waals surface area contributed by atoms with Crippen LogP contribution in [0.4, 0.5) is 5.69 Å². The van der Waals surface area contributed by atoms with E-state index in [1.165, 1.54) is 16.8 Å². The first-order valence-corrected chi connectivity index (χ1v) is 11.4. The van der Waals surface area contributed by atoms with Crippen LogP contribution in [0.25, 0.3) is 0 Å². The van der Waals surface area contributed by atoms with Gasteiger partial charge in [0.15, 0.2) is 11.5 Å². The molecule has 0 saturated carbocycles. The predicted octanol–water partition coefficient (Wildman–Crippen LogP) is 4.67. The van der Waals surface area contributed by atoms with Gasteiger partial charge in [0, 0.05) is 44.5 Å². The monoisotopic (exact) mass is 430 g/mol. The summed E-state index contributed by atoms with van der Waals surface area (Å²) < 4.78 is 16.7. The van der Waals surface area contributed by atoms with Crippen LogP contribution in [0.1, 0.15) is 16.7 Å². The van der Waals surface area contributed by atoms with Crippen molar-refractivity contribution in [3.05, 3.63) is 83.4 Å². The van der Waals surface area contributed by atoms with Crippen molar-refractivity contribution in [2.45, 2.75) is 20.0 Å². The second-order valence-electron chi connectivity index (χ2n) is 8.54. The molecule has 2 heterocycles. The predicted molar refractivity (Wildman–Crippen MR) is 127 cm³/mol. The van der Waals surface area contributed by atoms with Crippen molar-refractivity contribution in [2.75, 3.05) is 44.4 Å². The fourth-order valence-electron chi connectivity index (χ4n) is 4.28. The standard InChI is InChI=1S/C27H30N2O3/c1-21-3-2-4-24(17-21)29-15-13-28(14-16-29)12-11-22-5-7-23(8-6-22)19-30-25-9-10-26-27(18-25)32-20-31-26/h2-10,17-18H,11-16,19-20H2,1H3. The zero-order valence-corrected chi connectivity index (χ0v) is 18.6. The van der Waals surface area contributed by atoms with E-state index in [9.17, 15) is 0 Å². The van der Waals surface area contributed by atoms with Crippen molar-refractivity contribution in [3.63, 3.8) is 0 Å². The lowest BCUT2D eigenvalue weighted by Gasteiger charge is -2.36. The molecule has 1 fully saturated rings. The third kappa shape index (κ3) is 5.00. The first kappa shape index (κ1) is 20.7. The minimum atomic E-state index is 0.280. The summed E-state index contributed by atoms with van der Waals surface area (Å²) in [6.45, 7) is 8.52. The summed E-state index contributed by atoms with van der Waals surface area (Å²) in [5.74, 6) is 2.32. The maximum atomic E-state index is 5.92. The maximum absolute atomic E-state index is 5.92. The van der Waals surface area contributed by atoms with E-state index in [0.29, 0.717) is 6.61 Å². The molecule has 0 unspecified atom stereocenters. The fraction of sp³-hybridized carbons (Fsp3) is 0.333. The number of ether oxygens (including phenoxy) is 3. The van der Waals surface area contributed by atoms with Crippen LogP contribution in [0.3, 0.4) is 0 Å². The number of anilines is 1. The minimum Gasteiger partial charge on any atom is -0.489 e. The average Bonchev–Trinajstić information content (AvgIpc) is 3.30. The maximum Gasteiger partial charge on any atom is 0.231 e. The summed E-state index contributed by atoms with van der Waals surface area (Å²) >= 11 is 0. The number of fused-ring (bicyclic) bond motifs is 1. The minimum absolute atomic E-state index is 0.280. The smallest absolute Gasteiger partial charge is 0.231 e. The zero-order valence-electron chi connectivity index (χ0n) is 18.6. The molecule has 5 heteroatoms. The third-order valence-corrected chi connectivity index (χ3v) is 6.23. The van der Waals surface area contributed by atoms with Crippen molar-refractivity contribution >= 4 is 5.69 Å². The Labute approximate surface area is 190 Å². The Morgan fingerprint density at radius 3 is 2.41 bits per heavy atom. The number of aryl methyl sites for hydroxylation is 1. The number of piperazine rings is 1. The Hall–Kier alpha value is -3.18. The number of rotatable bonds is 7. The molecule has 0 aromatic heterocycles. The van der Waals surface area contributed by atoms with E-state index in [2.05, 4.69) is 65.3 Å². The second kappa shape index (κ2) is 9.53. The Morgan fingerprint density at radius 1 is 0.812 bits per heavy atom. The van der Waals surface area contributed by atoms with Crippen LogP contribution >= 0.6 is 0 Å². The van der Waals surface area contributed by atoms with Gasteiger partial charge in [0.05, 0.1) is 0 Å². The van der Waals surface area contributed by atoms with Gasteiger partial charge in [-0.1, -0.05) is 36.4 Å². The molecule has 32 heavy (non-hydrogen) atoms. The zero-order chi connectivity index (χ0) is 21.8. The van der Waals surface area contributed by atoms with Gasteiger partial charge in [-0.3, -0.25) is 4.90 Å². The Bertz CT molecular complexity index is 1040. The number of hydrogen-bond donors (Lipinski definition) is 0. The van der Waals surface area contributed by atoms with Crippen LogP contribution in [-0.4, -0.2) is 44.4 Å². The SMILES string of the molecule is Cc1cccc(N2CCN(CCc3ccc(COc4ccc5c(c4)OCO5)cc3)CC2)c1. The highest BCUT2D eigenvalue weighted by atomic mass is 16.7. The van der Waals surface area contributed by atoms with Gasteiger partial charge >= 0.3 is 0 Å². The fourth-order valence-corrected chi connectivity index (χ4v) is 4.28. The lowest BCUT2D eigenvalue weighted by molar-refractivity contribution is 0.173. The highest BCUT2D eigenvalue weighted by Crippen LogP contribution is 2.35. The van der Waals surface area contributed by atoms with Gasteiger partial charge in [-0.05, 0) is 54.3 Å². The molecule has 0 N–H and O–H groups in total. The summed E-state index contributed by atoms with van der Waals surface area (Å²) in [4.78, 5) is 5.07. The normalized spacial score (nSPS) is 15.7. The first-order chi connectivity index (χ1) is 15.7. The van der Waals surface area contributed by atoms with Gasteiger partial charge in [-0.2, -0.15) is 0 Å². The topological polar surface area (TPSA) is 34.2 Å². The Morgan fingerprint density at radius 2 is 1.59 bits per heavy atom. The van der Waals surface area contributed by atoms with E-state index < -0.39 is 0 Å². The molecule has 5 nitrogen and oxygen atoms in total. The van der Waals surface area contributed by atoms with E-state index in [-0.39, 0.29) is 6.79 Å². The molecule has 0 atom stereocenters. The molecular weight excluding hydrogens is 400 g/mol. The van der Waals surface area contributed by atoms with Crippen molar-refractivity contribution in [2.24, 2.45) is 0 Å². The second-order valence-corrected chi connectivity index (χ2v) is 8.54. The Balaban J connectivity index is 1.06. The summed E-state index contributed by atoms with van der Waals surface area (Å²) in [6, 6.07) is 23.3. The van der Waals surface area contributed by atoms with Gasteiger partial charge in [0.25, 0.3) is 0 Å². The van der Waals surface area contributed by atoms with Crippen molar-refractivity contribution in [3.8, 4) is 17.2 Å². The quantitative estimate of drug-likeness (QED) is 0.544. The van der Waals surface area contributed by atoms with Gasteiger partial charge in [-0.25, -0.2) is 0 Å². The summed E-state index contributed by atoms with van der Waals surface area (Å²) in [5.41, 5.74) is 5.22. The van der Waals surface area contributed by atoms with Crippen molar-refractivity contribution in [1.29, 1.82) is 0 Å². The molecular formula is C27H30N2O3. The third-order valence-electron chi connectivity index (χ3n) is 6.23. The average molecular weight is 431 g/mol. The van der Waals surface area contributed by atoms with E-state index in [0.717, 1.165) is 62.0 Å². The first-order valence-electron chi connectivity index (χ1n) is 11.4. The van der Waals surface area contributed by atoms with Crippen molar-refractivity contribution in [1.82, 2.24) is 4.90 Å². The molecule has 3 aromatic carbocycles. The molecule has 0 amide bonds. The van der Waals surface area contributed by atoms with Crippen LogP contribution in [-0.2, 0) is 13.0 Å². The number of benzene rings is 3. The number of nitrogens with zero attached hydrogens (tertiary/aromatic N) is 2. The van der Waals surface area contributed by atoms with Gasteiger partial charge in [0.2, 0.25) is 6.79 Å². The molecule has 0 radical (unpaired) electrons. The molecule has 3 aromatic rings. The highest BCUT2D eigenvalue weighted by molar-refractivity contribution is 5.49. The largest absolute Gasteiger partial charge is 0.489 e. The molecule has 1 saturated heterocycles. The van der Waals surface area contributed by atoms with Crippen LogP contribution < -0.4 is 19.1 Å². The molecule has 5 rings (SSSR count). The molecule has 0 bridgehead atoms. The van der Waals surface area contributed by atoms with E-state index in [1.54, 1.807) is 0 Å².